The Morgan fingerprint density at radius 2 is 1.17 bits per heavy atom. The summed E-state index contributed by atoms with van der Waals surface area (Å²) in [5.41, 5.74) is 1.51. The number of halogens is 4. The zero-order valence-electron chi connectivity index (χ0n) is 28.7. The van der Waals surface area contributed by atoms with Gasteiger partial charge in [-0.2, -0.15) is 0 Å². The van der Waals surface area contributed by atoms with Crippen molar-refractivity contribution in [2.45, 2.75) is 152 Å². The molecule has 2 nitrogen and oxygen atoms in total. The first kappa shape index (κ1) is 41.4. The maximum atomic E-state index is 13.6. The molecule has 2 aromatic carbocycles. The van der Waals surface area contributed by atoms with Crippen LogP contribution in [0.15, 0.2) is 30.3 Å². The minimum absolute atomic E-state index is 0.0402. The van der Waals surface area contributed by atoms with Crippen molar-refractivity contribution in [2.75, 3.05) is 0 Å². The van der Waals surface area contributed by atoms with E-state index in [0.717, 1.165) is 10.9 Å². The van der Waals surface area contributed by atoms with Gasteiger partial charge in [-0.15, -0.1) is 0 Å². The second-order valence-electron chi connectivity index (χ2n) is 12.9. The summed E-state index contributed by atoms with van der Waals surface area (Å²) in [6.45, 7) is 7.05. The van der Waals surface area contributed by atoms with Crippen LogP contribution >= 0.6 is 0 Å². The Hall–Kier alpha value is -0.782. The van der Waals surface area contributed by atoms with Gasteiger partial charge >= 0.3 is 293 Å². The summed E-state index contributed by atoms with van der Waals surface area (Å²) in [6, 6.07) is 10.4. The fourth-order valence-electron chi connectivity index (χ4n) is 6.17. The SMILES string of the molecule is CCC[CH2][Sn]([CH2]CCC)([CH2]CCC)[c]1ccc(CCCCCCCCC[Te]CCCCC(=O)Oc2cc(F)c(F)c(F)c2F)cc1. The molecule has 0 fully saturated rings. The fraction of sp³-hybridized carbons (Fsp3) is 0.658. The molecule has 260 valence electrons. The van der Waals surface area contributed by atoms with Gasteiger partial charge in [0.1, 0.15) is 0 Å². The van der Waals surface area contributed by atoms with E-state index in [4.69, 9.17) is 4.74 Å². The number of hydrogen-bond donors (Lipinski definition) is 0. The number of ether oxygens (including phenoxy) is 1. The molecule has 0 unspecified atom stereocenters. The summed E-state index contributed by atoms with van der Waals surface area (Å²) >= 11 is -2.39. The fourth-order valence-corrected chi connectivity index (χ4v) is 25.0. The molecule has 0 heterocycles. The molecule has 0 amide bonds. The molecule has 0 atom stereocenters. The van der Waals surface area contributed by atoms with Gasteiger partial charge in [-0.3, -0.25) is 0 Å². The van der Waals surface area contributed by atoms with Crippen molar-refractivity contribution in [1.82, 2.24) is 0 Å². The Kier molecular flexibility index (Phi) is 21.9. The molecule has 0 aliphatic rings. The normalized spacial score (nSPS) is 11.7. The first-order valence-corrected chi connectivity index (χ1v) is 28.8. The van der Waals surface area contributed by atoms with E-state index in [-0.39, 0.29) is 27.3 Å². The van der Waals surface area contributed by atoms with E-state index < -0.39 is 53.4 Å². The van der Waals surface area contributed by atoms with Crippen molar-refractivity contribution < 1.29 is 27.1 Å². The monoisotopic (exact) mass is 872 g/mol. The molecule has 0 aromatic heterocycles. The molecule has 0 aliphatic carbocycles. The summed E-state index contributed by atoms with van der Waals surface area (Å²) in [4.78, 5) is 11.9. The van der Waals surface area contributed by atoms with E-state index in [1.165, 1.54) is 113 Å². The zero-order valence-corrected chi connectivity index (χ0v) is 33.9. The van der Waals surface area contributed by atoms with Crippen LogP contribution in [-0.4, -0.2) is 45.3 Å². The first-order valence-electron chi connectivity index (χ1n) is 18.0. The van der Waals surface area contributed by atoms with Gasteiger partial charge in [-0.1, -0.05) is 0 Å². The van der Waals surface area contributed by atoms with Gasteiger partial charge in [-0.05, 0) is 0 Å². The number of benzene rings is 2. The van der Waals surface area contributed by atoms with Gasteiger partial charge in [0, 0.05) is 0 Å². The Bertz CT molecular complexity index is 1110. The molecule has 0 spiro atoms. The van der Waals surface area contributed by atoms with Gasteiger partial charge in [0.15, 0.2) is 0 Å². The van der Waals surface area contributed by atoms with Crippen LogP contribution in [0.5, 0.6) is 5.75 Å². The predicted octanol–water partition coefficient (Wildman–Crippen LogP) is 11.9. The summed E-state index contributed by atoms with van der Waals surface area (Å²) < 4.78 is 66.7. The number of aryl methyl sites for hydroxylation is 1. The van der Waals surface area contributed by atoms with E-state index in [0.29, 0.717) is 12.5 Å². The molecule has 46 heavy (non-hydrogen) atoms. The van der Waals surface area contributed by atoms with Crippen molar-refractivity contribution in [3.05, 3.63) is 59.2 Å². The van der Waals surface area contributed by atoms with Crippen LogP contribution in [-0.2, 0) is 11.2 Å². The van der Waals surface area contributed by atoms with Crippen molar-refractivity contribution in [2.24, 2.45) is 0 Å². The van der Waals surface area contributed by atoms with E-state index in [2.05, 4.69) is 45.0 Å². The van der Waals surface area contributed by atoms with E-state index in [1.807, 2.05) is 0 Å². The molecule has 0 bridgehead atoms. The van der Waals surface area contributed by atoms with E-state index in [9.17, 15) is 22.4 Å². The summed E-state index contributed by atoms with van der Waals surface area (Å²) in [5, 5.41) is 0. The standard InChI is InChI=1S/C26H31F4O2Te.3C4H9.Sn/c27-21-19-22(25(29)26(30)24(21)28)32-23(31)16-10-12-18-33-17-11-5-3-1-2-4-7-13-20-14-8-6-9-15-20;3*1-3-4-2;/h8-9,14-15,19H,1-5,7,10-13,16-18H2;3*1,3-4H2,2H3;. The first-order chi connectivity index (χ1) is 22.3. The Morgan fingerprint density at radius 1 is 0.652 bits per heavy atom. The quantitative estimate of drug-likeness (QED) is 0.0179. The van der Waals surface area contributed by atoms with Crippen LogP contribution in [0.4, 0.5) is 17.6 Å². The number of unbranched alkanes of at least 4 members (excludes halogenated alkanes) is 10. The van der Waals surface area contributed by atoms with Gasteiger partial charge < -0.3 is 0 Å². The third-order valence-corrected chi connectivity index (χ3v) is 28.0. The molecule has 0 N–H and O–H groups in total. The van der Waals surface area contributed by atoms with Crippen LogP contribution in [0.25, 0.3) is 0 Å². The third-order valence-electron chi connectivity index (χ3n) is 9.06. The van der Waals surface area contributed by atoms with Gasteiger partial charge in [-0.25, -0.2) is 0 Å². The van der Waals surface area contributed by atoms with Crippen molar-refractivity contribution in [3.63, 3.8) is 0 Å². The predicted molar refractivity (Wildman–Crippen MR) is 188 cm³/mol. The molecule has 0 saturated carbocycles. The molecule has 0 aliphatic heterocycles. The summed E-state index contributed by atoms with van der Waals surface area (Å²) in [6.07, 6.45) is 20.0. The van der Waals surface area contributed by atoms with E-state index in [1.54, 1.807) is 3.58 Å². The number of carbonyl (C=O) groups excluding carboxylic acids is 1. The van der Waals surface area contributed by atoms with Gasteiger partial charge in [0.2, 0.25) is 0 Å². The second-order valence-corrected chi connectivity index (χ2v) is 29.6. The van der Waals surface area contributed by atoms with Gasteiger partial charge in [0.05, 0.1) is 0 Å². The zero-order chi connectivity index (χ0) is 33.6. The van der Waals surface area contributed by atoms with Crippen LogP contribution in [0.1, 0.15) is 129 Å². The molecular formula is C38H58F4O2SnTe. The third kappa shape index (κ3) is 15.2. The van der Waals surface area contributed by atoms with Crippen LogP contribution in [0.3, 0.4) is 0 Å². The number of carbonyl (C=O) groups is 1. The molecule has 8 heteroatoms. The van der Waals surface area contributed by atoms with E-state index >= 15 is 0 Å². The minimum atomic E-state index is -2.31. The van der Waals surface area contributed by atoms with Crippen LogP contribution < -0.4 is 8.32 Å². The van der Waals surface area contributed by atoms with Crippen molar-refractivity contribution in [1.29, 1.82) is 0 Å². The molecule has 2 aromatic rings. The topological polar surface area (TPSA) is 26.3 Å². The maximum absolute atomic E-state index is 13.6. The van der Waals surface area contributed by atoms with Gasteiger partial charge in [0.25, 0.3) is 0 Å². The Balaban J connectivity index is 1.52. The Morgan fingerprint density at radius 3 is 1.74 bits per heavy atom. The summed E-state index contributed by atoms with van der Waals surface area (Å²) in [7, 11) is 0. The second kappa shape index (κ2) is 24.4. The molecular weight excluding hydrogens is 811 g/mol. The number of rotatable bonds is 26. The molecule has 2 rings (SSSR count). The number of esters is 1. The average Bonchev–Trinajstić information content (AvgIpc) is 3.06. The van der Waals surface area contributed by atoms with Crippen molar-refractivity contribution >= 4 is 48.8 Å². The number of hydrogen-bond acceptors (Lipinski definition) is 2. The van der Waals surface area contributed by atoms with Crippen LogP contribution in [0, 0.1) is 23.3 Å². The molecule has 0 saturated heterocycles. The van der Waals surface area contributed by atoms with Crippen molar-refractivity contribution in [3.8, 4) is 5.75 Å². The molecule has 0 radical (unpaired) electrons. The average molecular weight is 869 g/mol. The summed E-state index contributed by atoms with van der Waals surface area (Å²) in [5.74, 6) is -8.85. The van der Waals surface area contributed by atoms with Crippen LogP contribution in [0.2, 0.25) is 22.2 Å². The Labute approximate surface area is 291 Å².